The third-order valence-corrected chi connectivity index (χ3v) is 4.95. The van der Waals surface area contributed by atoms with E-state index in [1.165, 1.54) is 17.6 Å². The lowest BCUT2D eigenvalue weighted by Crippen LogP contribution is -2.50. The van der Waals surface area contributed by atoms with Crippen molar-refractivity contribution in [1.82, 2.24) is 15.4 Å². The number of amides is 1. The molecule has 29 heavy (non-hydrogen) atoms. The molecule has 0 bridgehead atoms. The standard InChI is InChI=1S/C21H23ClN4O3/c22-18-6-1-2-7-19(18)25-12-14-26(15-13-25)21(28)11-9-17-5-3-4-16(23-17)8-10-20(27)24-29/h1-11,21,28-29H,12-15H2,(H,24,27)/b10-8+,11-9+. The summed E-state index contributed by atoms with van der Waals surface area (Å²) in [6, 6.07) is 13.1. The van der Waals surface area contributed by atoms with Crippen LogP contribution in [0.4, 0.5) is 5.69 Å². The van der Waals surface area contributed by atoms with Crippen LogP contribution in [0.1, 0.15) is 11.4 Å². The number of benzene rings is 1. The number of hydrogen-bond acceptors (Lipinski definition) is 6. The maximum absolute atomic E-state index is 11.1. The molecular weight excluding hydrogens is 392 g/mol. The van der Waals surface area contributed by atoms with Crippen LogP contribution in [-0.2, 0) is 4.79 Å². The van der Waals surface area contributed by atoms with Gasteiger partial charge >= 0.3 is 0 Å². The number of halogens is 1. The summed E-state index contributed by atoms with van der Waals surface area (Å²) in [5.74, 6) is -0.626. The Morgan fingerprint density at radius 2 is 1.76 bits per heavy atom. The van der Waals surface area contributed by atoms with Crippen molar-refractivity contribution in [2.75, 3.05) is 31.1 Å². The number of aliphatic hydroxyl groups excluding tert-OH is 1. The van der Waals surface area contributed by atoms with Crippen molar-refractivity contribution < 1.29 is 15.1 Å². The number of aliphatic hydroxyl groups is 1. The van der Waals surface area contributed by atoms with Crippen molar-refractivity contribution in [2.24, 2.45) is 0 Å². The number of carbonyl (C=O) groups is 1. The van der Waals surface area contributed by atoms with E-state index in [0.29, 0.717) is 24.5 Å². The van der Waals surface area contributed by atoms with E-state index in [0.717, 1.165) is 23.8 Å². The molecule has 152 valence electrons. The van der Waals surface area contributed by atoms with Crippen LogP contribution in [0.5, 0.6) is 0 Å². The first-order chi connectivity index (χ1) is 14.1. The molecular formula is C21H23ClN4O3. The predicted molar refractivity (Wildman–Crippen MR) is 113 cm³/mol. The van der Waals surface area contributed by atoms with E-state index in [9.17, 15) is 9.90 Å². The minimum absolute atomic E-state index is 0.568. The fourth-order valence-electron chi connectivity index (χ4n) is 3.09. The maximum Gasteiger partial charge on any atom is 0.267 e. The Labute approximate surface area is 174 Å². The zero-order valence-electron chi connectivity index (χ0n) is 15.8. The van der Waals surface area contributed by atoms with Crippen LogP contribution in [-0.4, -0.2) is 58.5 Å². The average molecular weight is 415 g/mol. The number of nitrogens with zero attached hydrogens (tertiary/aromatic N) is 3. The Hall–Kier alpha value is -2.71. The number of aromatic nitrogens is 1. The number of carbonyl (C=O) groups excluding carboxylic acids is 1. The molecule has 1 amide bonds. The van der Waals surface area contributed by atoms with Gasteiger partial charge in [0.15, 0.2) is 0 Å². The maximum atomic E-state index is 11.1. The Balaban J connectivity index is 1.56. The monoisotopic (exact) mass is 414 g/mol. The summed E-state index contributed by atoms with van der Waals surface area (Å²) in [5.41, 5.74) is 3.77. The van der Waals surface area contributed by atoms with Gasteiger partial charge in [0.25, 0.3) is 5.91 Å². The third kappa shape index (κ3) is 5.88. The van der Waals surface area contributed by atoms with Gasteiger partial charge in [-0.1, -0.05) is 29.8 Å². The van der Waals surface area contributed by atoms with Crippen LogP contribution in [0.25, 0.3) is 12.2 Å². The van der Waals surface area contributed by atoms with Crippen molar-refractivity contribution in [1.29, 1.82) is 0 Å². The van der Waals surface area contributed by atoms with Gasteiger partial charge in [0.1, 0.15) is 6.23 Å². The highest BCUT2D eigenvalue weighted by molar-refractivity contribution is 6.33. The summed E-state index contributed by atoms with van der Waals surface area (Å²) in [6.07, 6.45) is 5.40. The number of hydroxylamine groups is 1. The Kier molecular flexibility index (Phi) is 7.37. The SMILES string of the molecule is O=C(/C=C/c1cccc(/C=C/C(O)N2CCN(c3ccccc3Cl)CC2)n1)NO. The highest BCUT2D eigenvalue weighted by atomic mass is 35.5. The van der Waals surface area contributed by atoms with E-state index in [2.05, 4.69) is 9.88 Å². The van der Waals surface area contributed by atoms with Gasteiger partial charge in [-0.3, -0.25) is 14.9 Å². The molecule has 7 nitrogen and oxygen atoms in total. The molecule has 1 aliphatic heterocycles. The molecule has 0 aliphatic carbocycles. The molecule has 0 saturated carbocycles. The van der Waals surface area contributed by atoms with Gasteiger partial charge in [-0.05, 0) is 42.5 Å². The summed E-state index contributed by atoms with van der Waals surface area (Å²) in [4.78, 5) is 19.6. The van der Waals surface area contributed by atoms with E-state index in [4.69, 9.17) is 16.8 Å². The van der Waals surface area contributed by atoms with Gasteiger partial charge in [-0.15, -0.1) is 0 Å². The van der Waals surface area contributed by atoms with Gasteiger partial charge in [-0.25, -0.2) is 10.5 Å². The van der Waals surface area contributed by atoms with Gasteiger partial charge < -0.3 is 10.0 Å². The molecule has 1 aliphatic rings. The quantitative estimate of drug-likeness (QED) is 0.382. The molecule has 2 heterocycles. The summed E-state index contributed by atoms with van der Waals surface area (Å²) in [7, 11) is 0. The molecule has 1 saturated heterocycles. The minimum atomic E-state index is -0.718. The predicted octanol–water partition coefficient (Wildman–Crippen LogP) is 2.41. The first kappa shape index (κ1) is 21.0. The van der Waals surface area contributed by atoms with Gasteiger partial charge in [0, 0.05) is 32.3 Å². The smallest absolute Gasteiger partial charge is 0.267 e. The molecule has 1 aromatic carbocycles. The van der Waals surface area contributed by atoms with Crippen LogP contribution in [0.2, 0.25) is 5.02 Å². The van der Waals surface area contributed by atoms with Gasteiger partial charge in [0.2, 0.25) is 0 Å². The van der Waals surface area contributed by atoms with Crippen LogP contribution in [0.15, 0.2) is 54.6 Å². The Bertz CT molecular complexity index is 895. The Morgan fingerprint density at radius 3 is 2.45 bits per heavy atom. The van der Waals surface area contributed by atoms with Crippen molar-refractivity contribution in [3.8, 4) is 0 Å². The van der Waals surface area contributed by atoms with Crippen molar-refractivity contribution in [3.63, 3.8) is 0 Å². The second kappa shape index (κ2) is 10.2. The molecule has 3 rings (SSSR count). The number of piperazine rings is 1. The molecule has 1 fully saturated rings. The fraction of sp³-hybridized carbons (Fsp3) is 0.238. The largest absolute Gasteiger partial charge is 0.375 e. The number of anilines is 1. The molecule has 3 N–H and O–H groups in total. The molecule has 0 spiro atoms. The Morgan fingerprint density at radius 1 is 1.07 bits per heavy atom. The highest BCUT2D eigenvalue weighted by Crippen LogP contribution is 2.26. The van der Waals surface area contributed by atoms with Crippen LogP contribution >= 0.6 is 11.6 Å². The first-order valence-corrected chi connectivity index (χ1v) is 9.63. The molecule has 1 unspecified atom stereocenters. The molecule has 0 radical (unpaired) electrons. The van der Waals surface area contributed by atoms with Crippen molar-refractivity contribution in [2.45, 2.75) is 6.23 Å². The van der Waals surface area contributed by atoms with Gasteiger partial charge in [-0.2, -0.15) is 0 Å². The number of hydrogen-bond donors (Lipinski definition) is 3. The number of para-hydroxylation sites is 1. The summed E-state index contributed by atoms with van der Waals surface area (Å²) in [6.45, 7) is 2.98. The normalized spacial score (nSPS) is 16.4. The highest BCUT2D eigenvalue weighted by Gasteiger charge is 2.21. The summed E-state index contributed by atoms with van der Waals surface area (Å²) < 4.78 is 0. The number of nitrogens with one attached hydrogen (secondary N) is 1. The molecule has 8 heteroatoms. The summed E-state index contributed by atoms with van der Waals surface area (Å²) in [5, 5.41) is 19.7. The second-order valence-corrected chi connectivity index (χ2v) is 6.95. The first-order valence-electron chi connectivity index (χ1n) is 9.26. The van der Waals surface area contributed by atoms with Crippen LogP contribution in [0, 0.1) is 0 Å². The third-order valence-electron chi connectivity index (χ3n) is 4.63. The van der Waals surface area contributed by atoms with E-state index in [-0.39, 0.29) is 0 Å². The topological polar surface area (TPSA) is 88.9 Å². The minimum Gasteiger partial charge on any atom is -0.375 e. The van der Waals surface area contributed by atoms with E-state index >= 15 is 0 Å². The fourth-order valence-corrected chi connectivity index (χ4v) is 3.35. The number of rotatable bonds is 6. The van der Waals surface area contributed by atoms with E-state index < -0.39 is 12.1 Å². The van der Waals surface area contributed by atoms with Crippen molar-refractivity contribution >= 4 is 35.3 Å². The van der Waals surface area contributed by atoms with Crippen molar-refractivity contribution in [3.05, 3.63) is 71.0 Å². The average Bonchev–Trinajstić information content (AvgIpc) is 2.76. The van der Waals surface area contributed by atoms with Crippen LogP contribution < -0.4 is 10.4 Å². The lowest BCUT2D eigenvalue weighted by atomic mass is 10.2. The molecule has 1 atom stereocenters. The zero-order chi connectivity index (χ0) is 20.6. The second-order valence-electron chi connectivity index (χ2n) is 6.54. The molecule has 1 aromatic heterocycles. The van der Waals surface area contributed by atoms with Crippen LogP contribution in [0.3, 0.4) is 0 Å². The zero-order valence-corrected chi connectivity index (χ0v) is 16.5. The lowest BCUT2D eigenvalue weighted by Gasteiger charge is -2.37. The summed E-state index contributed by atoms with van der Waals surface area (Å²) >= 11 is 6.27. The van der Waals surface area contributed by atoms with E-state index in [1.807, 2.05) is 35.2 Å². The molecule has 2 aromatic rings. The lowest BCUT2D eigenvalue weighted by molar-refractivity contribution is -0.124. The number of pyridine rings is 1. The van der Waals surface area contributed by atoms with Gasteiger partial charge in [0.05, 0.1) is 22.1 Å². The van der Waals surface area contributed by atoms with E-state index in [1.54, 1.807) is 24.3 Å².